The second kappa shape index (κ2) is 5.68. The van der Waals surface area contributed by atoms with E-state index < -0.39 is 0 Å². The van der Waals surface area contributed by atoms with Crippen LogP contribution in [0.15, 0.2) is 17.5 Å². The molecule has 0 radical (unpaired) electrons. The second-order valence-electron chi connectivity index (χ2n) is 3.46. The van der Waals surface area contributed by atoms with Crippen LogP contribution in [0.4, 0.5) is 0 Å². The summed E-state index contributed by atoms with van der Waals surface area (Å²) < 4.78 is 0. The van der Waals surface area contributed by atoms with Crippen molar-refractivity contribution in [3.8, 4) is 0 Å². The molecule has 0 amide bonds. The van der Waals surface area contributed by atoms with Gasteiger partial charge in [0.25, 0.3) is 0 Å². The van der Waals surface area contributed by atoms with Gasteiger partial charge in [-0.15, -0.1) is 11.3 Å². The first-order valence-electron chi connectivity index (χ1n) is 4.49. The molecule has 1 nitrogen and oxygen atoms in total. The zero-order valence-electron chi connectivity index (χ0n) is 8.06. The highest BCUT2D eigenvalue weighted by molar-refractivity contribution is 7.99. The normalized spacial score (nSPS) is 13.5. The molecule has 13 heavy (non-hydrogen) atoms. The van der Waals surface area contributed by atoms with E-state index in [-0.39, 0.29) is 6.10 Å². The lowest BCUT2D eigenvalue weighted by Crippen LogP contribution is -2.00. The quantitative estimate of drug-likeness (QED) is 0.816. The maximum Gasteiger partial charge on any atom is 0.0972 e. The highest BCUT2D eigenvalue weighted by Gasteiger charge is 2.08. The van der Waals surface area contributed by atoms with Gasteiger partial charge >= 0.3 is 0 Å². The van der Waals surface area contributed by atoms with Crippen molar-refractivity contribution < 1.29 is 5.11 Å². The molecule has 3 heteroatoms. The molecule has 0 aromatic carbocycles. The van der Waals surface area contributed by atoms with E-state index in [4.69, 9.17) is 0 Å². The molecule has 0 aliphatic carbocycles. The van der Waals surface area contributed by atoms with E-state index in [0.29, 0.717) is 5.92 Å². The Balaban J connectivity index is 2.22. The Bertz CT molecular complexity index is 219. The van der Waals surface area contributed by atoms with Crippen molar-refractivity contribution in [1.29, 1.82) is 0 Å². The standard InChI is InChI=1S/C10H16OS2/c1-8(2)6-12-7-9(11)10-4-3-5-13-10/h3-5,8-9,11H,6-7H2,1-2H3. The van der Waals surface area contributed by atoms with Crippen LogP contribution in [0.2, 0.25) is 0 Å². The molecule has 1 unspecified atom stereocenters. The summed E-state index contributed by atoms with van der Waals surface area (Å²) in [5.74, 6) is 2.65. The maximum absolute atomic E-state index is 9.71. The van der Waals surface area contributed by atoms with E-state index in [0.717, 1.165) is 16.4 Å². The summed E-state index contributed by atoms with van der Waals surface area (Å²) in [5, 5.41) is 11.7. The van der Waals surface area contributed by atoms with E-state index in [2.05, 4.69) is 13.8 Å². The van der Waals surface area contributed by atoms with Crippen LogP contribution in [-0.4, -0.2) is 16.6 Å². The van der Waals surface area contributed by atoms with Gasteiger partial charge < -0.3 is 5.11 Å². The molecule has 0 aliphatic rings. The summed E-state index contributed by atoms with van der Waals surface area (Å²) >= 11 is 3.45. The summed E-state index contributed by atoms with van der Waals surface area (Å²) in [7, 11) is 0. The van der Waals surface area contributed by atoms with E-state index in [1.807, 2.05) is 29.3 Å². The predicted molar refractivity (Wildman–Crippen MR) is 61.4 cm³/mol. The van der Waals surface area contributed by atoms with Gasteiger partial charge in [-0.1, -0.05) is 19.9 Å². The van der Waals surface area contributed by atoms with Gasteiger partial charge in [-0.25, -0.2) is 0 Å². The molecule has 1 aromatic heterocycles. The fourth-order valence-electron chi connectivity index (χ4n) is 0.978. The third-order valence-electron chi connectivity index (χ3n) is 1.60. The van der Waals surface area contributed by atoms with Gasteiger partial charge in [0.05, 0.1) is 6.10 Å². The lowest BCUT2D eigenvalue weighted by molar-refractivity contribution is 0.208. The number of aliphatic hydroxyl groups is 1. The van der Waals surface area contributed by atoms with Crippen molar-refractivity contribution in [3.05, 3.63) is 22.4 Å². The fraction of sp³-hybridized carbons (Fsp3) is 0.600. The molecular weight excluding hydrogens is 200 g/mol. The van der Waals surface area contributed by atoms with Crippen LogP contribution >= 0.6 is 23.1 Å². The Labute approximate surface area is 88.2 Å². The minimum atomic E-state index is -0.274. The maximum atomic E-state index is 9.71. The molecular formula is C10H16OS2. The van der Waals surface area contributed by atoms with E-state index in [9.17, 15) is 5.11 Å². The highest BCUT2D eigenvalue weighted by atomic mass is 32.2. The lowest BCUT2D eigenvalue weighted by Gasteiger charge is -2.09. The Morgan fingerprint density at radius 1 is 1.46 bits per heavy atom. The number of hydrogen-bond donors (Lipinski definition) is 1. The Hall–Kier alpha value is 0.01000. The molecule has 0 fully saturated rings. The Morgan fingerprint density at radius 3 is 2.77 bits per heavy atom. The monoisotopic (exact) mass is 216 g/mol. The average Bonchev–Trinajstić information content (AvgIpc) is 2.55. The second-order valence-corrected chi connectivity index (χ2v) is 5.52. The molecule has 0 spiro atoms. The van der Waals surface area contributed by atoms with Crippen LogP contribution in [0, 0.1) is 5.92 Å². The summed E-state index contributed by atoms with van der Waals surface area (Å²) in [6.07, 6.45) is -0.274. The zero-order valence-corrected chi connectivity index (χ0v) is 9.70. The molecule has 1 N–H and O–H groups in total. The lowest BCUT2D eigenvalue weighted by atomic mass is 10.3. The predicted octanol–water partition coefficient (Wildman–Crippen LogP) is 3.17. The van der Waals surface area contributed by atoms with Crippen LogP contribution in [-0.2, 0) is 0 Å². The summed E-state index contributed by atoms with van der Waals surface area (Å²) in [4.78, 5) is 1.08. The summed E-state index contributed by atoms with van der Waals surface area (Å²) in [6.45, 7) is 4.40. The van der Waals surface area contributed by atoms with Gasteiger partial charge in [-0.2, -0.15) is 11.8 Å². The molecule has 0 bridgehead atoms. The van der Waals surface area contributed by atoms with Crippen LogP contribution in [0.5, 0.6) is 0 Å². The highest BCUT2D eigenvalue weighted by Crippen LogP contribution is 2.23. The van der Waals surface area contributed by atoms with Gasteiger partial charge in [-0.3, -0.25) is 0 Å². The molecule has 1 aromatic rings. The van der Waals surface area contributed by atoms with Gasteiger partial charge in [0, 0.05) is 10.6 Å². The van der Waals surface area contributed by atoms with Crippen molar-refractivity contribution in [2.45, 2.75) is 20.0 Å². The fourth-order valence-corrected chi connectivity index (χ4v) is 2.81. The first-order chi connectivity index (χ1) is 6.20. The topological polar surface area (TPSA) is 20.2 Å². The largest absolute Gasteiger partial charge is 0.387 e. The molecule has 0 saturated heterocycles. The zero-order chi connectivity index (χ0) is 9.68. The molecule has 1 heterocycles. The van der Waals surface area contributed by atoms with Gasteiger partial charge in [-0.05, 0) is 23.1 Å². The number of thioether (sulfide) groups is 1. The summed E-state index contributed by atoms with van der Waals surface area (Å²) in [5.41, 5.74) is 0. The van der Waals surface area contributed by atoms with Crippen molar-refractivity contribution in [3.63, 3.8) is 0 Å². The van der Waals surface area contributed by atoms with E-state index in [1.54, 1.807) is 11.3 Å². The van der Waals surface area contributed by atoms with Crippen LogP contribution < -0.4 is 0 Å². The summed E-state index contributed by atoms with van der Waals surface area (Å²) in [6, 6.07) is 3.97. The van der Waals surface area contributed by atoms with Crippen molar-refractivity contribution in [2.75, 3.05) is 11.5 Å². The van der Waals surface area contributed by atoms with E-state index in [1.165, 1.54) is 0 Å². The molecule has 74 valence electrons. The first-order valence-corrected chi connectivity index (χ1v) is 6.52. The van der Waals surface area contributed by atoms with Gasteiger partial charge in [0.1, 0.15) is 0 Å². The smallest absolute Gasteiger partial charge is 0.0972 e. The third kappa shape index (κ3) is 4.16. The molecule has 0 saturated carbocycles. The number of hydrogen-bond acceptors (Lipinski definition) is 3. The van der Waals surface area contributed by atoms with Crippen LogP contribution in [0.1, 0.15) is 24.8 Å². The minimum absolute atomic E-state index is 0.274. The number of aliphatic hydroxyl groups excluding tert-OH is 1. The van der Waals surface area contributed by atoms with E-state index >= 15 is 0 Å². The Kier molecular flexibility index (Phi) is 4.84. The first kappa shape index (κ1) is 11.1. The van der Waals surface area contributed by atoms with Crippen molar-refractivity contribution >= 4 is 23.1 Å². The van der Waals surface area contributed by atoms with Crippen molar-refractivity contribution in [2.24, 2.45) is 5.92 Å². The molecule has 1 atom stereocenters. The van der Waals surface area contributed by atoms with Gasteiger partial charge in [0.2, 0.25) is 0 Å². The van der Waals surface area contributed by atoms with Crippen LogP contribution in [0.25, 0.3) is 0 Å². The number of thiophene rings is 1. The van der Waals surface area contributed by atoms with Gasteiger partial charge in [0.15, 0.2) is 0 Å². The van der Waals surface area contributed by atoms with Crippen molar-refractivity contribution in [1.82, 2.24) is 0 Å². The van der Waals surface area contributed by atoms with Crippen LogP contribution in [0.3, 0.4) is 0 Å². The SMILES string of the molecule is CC(C)CSCC(O)c1cccs1. The molecule has 1 rings (SSSR count). The average molecular weight is 216 g/mol. The number of rotatable bonds is 5. The Morgan fingerprint density at radius 2 is 2.23 bits per heavy atom. The molecule has 0 aliphatic heterocycles. The minimum Gasteiger partial charge on any atom is -0.387 e. The third-order valence-corrected chi connectivity index (χ3v) is 4.03.